The minimum absolute atomic E-state index is 0.458. The Morgan fingerprint density at radius 3 is 2.88 bits per heavy atom. The van der Waals surface area contributed by atoms with E-state index in [0.717, 1.165) is 41.8 Å². The Labute approximate surface area is 102 Å². The van der Waals surface area contributed by atoms with E-state index in [1.807, 2.05) is 30.3 Å². The Hall–Kier alpha value is -1.61. The lowest BCUT2D eigenvalue weighted by molar-refractivity contribution is 0.312. The van der Waals surface area contributed by atoms with E-state index in [1.54, 1.807) is 0 Å². The number of hydrogen-bond donors (Lipinski definition) is 1. The number of ether oxygens (including phenoxy) is 1. The van der Waals surface area contributed by atoms with E-state index in [-0.39, 0.29) is 0 Å². The van der Waals surface area contributed by atoms with E-state index in [4.69, 9.17) is 10.5 Å². The molecule has 0 aliphatic rings. The molecule has 1 aromatic heterocycles. The lowest BCUT2D eigenvalue weighted by Gasteiger charge is -2.09. The van der Waals surface area contributed by atoms with Gasteiger partial charge in [-0.2, -0.15) is 0 Å². The third kappa shape index (κ3) is 2.74. The van der Waals surface area contributed by atoms with Crippen molar-refractivity contribution in [3.8, 4) is 5.75 Å². The predicted octanol–water partition coefficient (Wildman–Crippen LogP) is 2.87. The molecular weight excluding hydrogens is 212 g/mol. The van der Waals surface area contributed by atoms with Crippen LogP contribution in [0.2, 0.25) is 0 Å². The van der Waals surface area contributed by atoms with Crippen LogP contribution in [0.15, 0.2) is 30.3 Å². The molecule has 0 unspecified atom stereocenters. The van der Waals surface area contributed by atoms with Crippen molar-refractivity contribution < 1.29 is 4.74 Å². The molecule has 0 aliphatic heterocycles. The van der Waals surface area contributed by atoms with E-state index in [0.29, 0.717) is 6.54 Å². The van der Waals surface area contributed by atoms with Crippen LogP contribution in [0.3, 0.4) is 0 Å². The summed E-state index contributed by atoms with van der Waals surface area (Å²) in [5, 5.41) is 1.09. The summed E-state index contributed by atoms with van der Waals surface area (Å²) in [4.78, 5) is 4.52. The minimum Gasteiger partial charge on any atom is -0.491 e. The first-order valence-electron chi connectivity index (χ1n) is 6.06. The quantitative estimate of drug-likeness (QED) is 0.803. The molecule has 2 rings (SSSR count). The maximum atomic E-state index is 5.76. The zero-order chi connectivity index (χ0) is 12.1. The summed E-state index contributed by atoms with van der Waals surface area (Å²) in [6.45, 7) is 3.35. The maximum absolute atomic E-state index is 5.76. The summed E-state index contributed by atoms with van der Waals surface area (Å²) in [6, 6.07) is 9.99. The molecule has 0 amide bonds. The zero-order valence-electron chi connectivity index (χ0n) is 10.1. The molecular formula is C14H18N2O. The number of fused-ring (bicyclic) bond motifs is 1. The molecule has 1 heterocycles. The summed E-state index contributed by atoms with van der Waals surface area (Å²) in [5.74, 6) is 0.853. The normalized spacial score (nSPS) is 10.7. The highest BCUT2D eigenvalue weighted by Gasteiger charge is 2.04. The lowest BCUT2D eigenvalue weighted by Crippen LogP contribution is -2.01. The molecule has 0 atom stereocenters. The average molecular weight is 230 g/mol. The Morgan fingerprint density at radius 1 is 1.24 bits per heavy atom. The molecule has 0 aliphatic carbocycles. The first kappa shape index (κ1) is 11.9. The molecule has 0 spiro atoms. The highest BCUT2D eigenvalue weighted by Crippen LogP contribution is 2.24. The SMILES string of the molecule is CCCCOc1cccc2ccc(CN)nc12. The van der Waals surface area contributed by atoms with E-state index >= 15 is 0 Å². The van der Waals surface area contributed by atoms with E-state index in [9.17, 15) is 0 Å². The number of hydrogen-bond acceptors (Lipinski definition) is 3. The van der Waals surface area contributed by atoms with Gasteiger partial charge in [-0.05, 0) is 18.6 Å². The number of rotatable bonds is 5. The average Bonchev–Trinajstić information content (AvgIpc) is 2.39. The molecule has 3 nitrogen and oxygen atoms in total. The van der Waals surface area contributed by atoms with Crippen LogP contribution < -0.4 is 10.5 Å². The van der Waals surface area contributed by atoms with Crippen molar-refractivity contribution in [1.82, 2.24) is 4.98 Å². The van der Waals surface area contributed by atoms with Gasteiger partial charge < -0.3 is 10.5 Å². The molecule has 2 aromatic rings. The third-order valence-electron chi connectivity index (χ3n) is 2.71. The van der Waals surface area contributed by atoms with Crippen LogP contribution in [-0.2, 0) is 6.54 Å². The first-order chi connectivity index (χ1) is 8.35. The van der Waals surface area contributed by atoms with Gasteiger partial charge in [0.25, 0.3) is 0 Å². The largest absolute Gasteiger partial charge is 0.491 e. The van der Waals surface area contributed by atoms with Gasteiger partial charge in [-0.15, -0.1) is 0 Å². The van der Waals surface area contributed by atoms with Gasteiger partial charge in [-0.25, -0.2) is 4.98 Å². The highest BCUT2D eigenvalue weighted by molar-refractivity contribution is 5.84. The van der Waals surface area contributed by atoms with E-state index in [2.05, 4.69) is 11.9 Å². The van der Waals surface area contributed by atoms with Crippen LogP contribution in [0, 0.1) is 0 Å². The van der Waals surface area contributed by atoms with Crippen LogP contribution in [-0.4, -0.2) is 11.6 Å². The maximum Gasteiger partial charge on any atom is 0.145 e. The zero-order valence-corrected chi connectivity index (χ0v) is 10.1. The summed E-state index contributed by atoms with van der Waals surface area (Å²) in [5.41, 5.74) is 7.41. The van der Waals surface area contributed by atoms with Crippen molar-refractivity contribution in [3.63, 3.8) is 0 Å². The minimum atomic E-state index is 0.458. The Balaban J connectivity index is 2.33. The number of aromatic nitrogens is 1. The number of para-hydroxylation sites is 1. The van der Waals surface area contributed by atoms with E-state index in [1.165, 1.54) is 0 Å². The summed E-state index contributed by atoms with van der Waals surface area (Å²) >= 11 is 0. The Morgan fingerprint density at radius 2 is 2.12 bits per heavy atom. The fourth-order valence-electron chi connectivity index (χ4n) is 1.72. The second-order valence-electron chi connectivity index (χ2n) is 4.04. The molecule has 0 fully saturated rings. The van der Waals surface area contributed by atoms with Gasteiger partial charge in [0.15, 0.2) is 0 Å². The summed E-state index contributed by atoms with van der Waals surface area (Å²) < 4.78 is 5.76. The molecule has 0 radical (unpaired) electrons. The molecule has 0 bridgehead atoms. The van der Waals surface area contributed by atoms with Crippen molar-refractivity contribution in [2.24, 2.45) is 5.73 Å². The Kier molecular flexibility index (Phi) is 3.94. The Bertz CT molecular complexity index is 497. The predicted molar refractivity (Wildman–Crippen MR) is 70.0 cm³/mol. The number of nitrogens with zero attached hydrogens (tertiary/aromatic N) is 1. The summed E-state index contributed by atoms with van der Waals surface area (Å²) in [6.07, 6.45) is 2.19. The van der Waals surface area contributed by atoms with Crippen molar-refractivity contribution in [3.05, 3.63) is 36.0 Å². The second kappa shape index (κ2) is 5.64. The number of pyridine rings is 1. The standard InChI is InChI=1S/C14H18N2O/c1-2-3-9-17-13-6-4-5-11-7-8-12(10-15)16-14(11)13/h4-8H,2-3,9-10,15H2,1H3. The third-order valence-corrected chi connectivity index (χ3v) is 2.71. The molecule has 1 aromatic carbocycles. The molecule has 90 valence electrons. The van der Waals surface area contributed by atoms with Crippen LogP contribution in [0.25, 0.3) is 10.9 Å². The van der Waals surface area contributed by atoms with Crippen LogP contribution >= 0.6 is 0 Å². The van der Waals surface area contributed by atoms with Gasteiger partial charge in [-0.1, -0.05) is 31.5 Å². The highest BCUT2D eigenvalue weighted by atomic mass is 16.5. The van der Waals surface area contributed by atoms with Crippen LogP contribution in [0.4, 0.5) is 0 Å². The fraction of sp³-hybridized carbons (Fsp3) is 0.357. The van der Waals surface area contributed by atoms with Gasteiger partial charge in [-0.3, -0.25) is 0 Å². The lowest BCUT2D eigenvalue weighted by atomic mass is 10.2. The van der Waals surface area contributed by atoms with Gasteiger partial charge in [0, 0.05) is 11.9 Å². The number of benzene rings is 1. The molecule has 3 heteroatoms. The van der Waals surface area contributed by atoms with Gasteiger partial charge in [0.2, 0.25) is 0 Å². The van der Waals surface area contributed by atoms with Crippen molar-refractivity contribution in [2.45, 2.75) is 26.3 Å². The second-order valence-corrected chi connectivity index (χ2v) is 4.04. The molecule has 2 N–H and O–H groups in total. The van der Waals surface area contributed by atoms with Gasteiger partial charge >= 0.3 is 0 Å². The molecule has 17 heavy (non-hydrogen) atoms. The van der Waals surface area contributed by atoms with Crippen molar-refractivity contribution in [2.75, 3.05) is 6.61 Å². The topological polar surface area (TPSA) is 48.1 Å². The van der Waals surface area contributed by atoms with E-state index < -0.39 is 0 Å². The van der Waals surface area contributed by atoms with Crippen molar-refractivity contribution in [1.29, 1.82) is 0 Å². The van der Waals surface area contributed by atoms with Gasteiger partial charge in [0.05, 0.1) is 12.3 Å². The monoisotopic (exact) mass is 230 g/mol. The number of nitrogens with two attached hydrogens (primary N) is 1. The smallest absolute Gasteiger partial charge is 0.145 e. The van der Waals surface area contributed by atoms with Crippen molar-refractivity contribution >= 4 is 10.9 Å². The van der Waals surface area contributed by atoms with Gasteiger partial charge in [0.1, 0.15) is 11.3 Å². The summed E-state index contributed by atoms with van der Waals surface area (Å²) in [7, 11) is 0. The number of unbranched alkanes of at least 4 members (excludes halogenated alkanes) is 1. The molecule has 0 saturated carbocycles. The molecule has 0 saturated heterocycles. The first-order valence-corrected chi connectivity index (χ1v) is 6.06. The fourth-order valence-corrected chi connectivity index (χ4v) is 1.72. The van der Waals surface area contributed by atoms with Crippen LogP contribution in [0.1, 0.15) is 25.5 Å². The van der Waals surface area contributed by atoms with Crippen LogP contribution in [0.5, 0.6) is 5.75 Å².